The zero-order chi connectivity index (χ0) is 29.7. The van der Waals surface area contributed by atoms with Gasteiger partial charge < -0.3 is 28.8 Å². The first kappa shape index (κ1) is 29.9. The highest BCUT2D eigenvalue weighted by atomic mass is 16.7. The van der Waals surface area contributed by atoms with Gasteiger partial charge in [-0.15, -0.1) is 0 Å². The number of fused-ring (bicyclic) bond motifs is 5. The van der Waals surface area contributed by atoms with Gasteiger partial charge in [0, 0.05) is 50.4 Å². The van der Waals surface area contributed by atoms with Crippen molar-refractivity contribution in [3.8, 4) is 0 Å². The largest absolute Gasteiger partial charge is 0.508 e. The van der Waals surface area contributed by atoms with Gasteiger partial charge in [0.15, 0.2) is 0 Å². The molecule has 10 nitrogen and oxygen atoms in total. The van der Waals surface area contributed by atoms with E-state index in [4.69, 9.17) is 23.7 Å². The van der Waals surface area contributed by atoms with E-state index < -0.39 is 23.3 Å². The van der Waals surface area contributed by atoms with Crippen LogP contribution in [0.25, 0.3) is 0 Å². The molecule has 0 amide bonds. The van der Waals surface area contributed by atoms with E-state index in [0.717, 1.165) is 63.6 Å². The predicted octanol–water partition coefficient (Wildman–Crippen LogP) is 3.64. The van der Waals surface area contributed by atoms with Gasteiger partial charge in [-0.1, -0.05) is 13.8 Å². The maximum absolute atomic E-state index is 12.7. The minimum atomic E-state index is -1.02. The molecule has 0 bridgehead atoms. The van der Waals surface area contributed by atoms with Crippen LogP contribution in [0.15, 0.2) is 11.6 Å². The molecule has 5 fully saturated rings. The molecule has 2 aliphatic heterocycles. The molecule has 4 aliphatic carbocycles. The van der Waals surface area contributed by atoms with Crippen LogP contribution in [0.2, 0.25) is 0 Å². The summed E-state index contributed by atoms with van der Waals surface area (Å²) in [5, 5.41) is 12.7. The van der Waals surface area contributed by atoms with E-state index in [9.17, 15) is 19.5 Å². The summed E-state index contributed by atoms with van der Waals surface area (Å²) in [4.78, 5) is 38.9. The highest BCUT2D eigenvalue weighted by Crippen LogP contribution is 2.70. The smallest absolute Gasteiger partial charge is 0.462 e. The lowest BCUT2D eigenvalue weighted by Crippen LogP contribution is -2.62. The number of ether oxygens (including phenoxy) is 5. The SMILES string of the molecule is CC(=O)OC1CC2(O)C3CCC4CC(OC(=O)OCCN5CCOCC5)CCC4(C)C3CCC2(C)C1C1=CC(=O)OC1. The lowest BCUT2D eigenvalue weighted by atomic mass is 9.43. The second kappa shape index (κ2) is 11.4. The van der Waals surface area contributed by atoms with E-state index in [2.05, 4.69) is 18.7 Å². The summed E-state index contributed by atoms with van der Waals surface area (Å²) in [6, 6.07) is 0. The standard InChI is InChI=1S/C32H47NO9/c1-20(34)41-26-18-32(37)25-5-4-22-17-23(42-29(36)39-15-12-33-10-13-38-14-11-33)6-8-30(22,2)24(25)7-9-31(32,3)28(26)21-16-27(35)40-19-21/h16,22-26,28,37H,4-15,17-19H2,1-3H3. The summed E-state index contributed by atoms with van der Waals surface area (Å²) in [5.41, 5.74) is -0.681. The number of hydrogen-bond acceptors (Lipinski definition) is 10. The summed E-state index contributed by atoms with van der Waals surface area (Å²) in [6.45, 7) is 10.3. The van der Waals surface area contributed by atoms with Crippen LogP contribution >= 0.6 is 0 Å². The lowest BCUT2D eigenvalue weighted by Gasteiger charge is -2.63. The number of rotatable bonds is 6. The molecule has 9 atom stereocenters. The van der Waals surface area contributed by atoms with Crippen LogP contribution in [0, 0.1) is 34.5 Å². The Morgan fingerprint density at radius 2 is 1.86 bits per heavy atom. The molecule has 42 heavy (non-hydrogen) atoms. The molecule has 6 rings (SSSR count). The maximum Gasteiger partial charge on any atom is 0.508 e. The summed E-state index contributed by atoms with van der Waals surface area (Å²) < 4.78 is 27.7. The van der Waals surface area contributed by atoms with Crippen molar-refractivity contribution in [3.05, 3.63) is 11.6 Å². The fourth-order valence-electron chi connectivity index (χ4n) is 10.1. The Labute approximate surface area is 248 Å². The van der Waals surface area contributed by atoms with E-state index in [-0.39, 0.29) is 41.9 Å². The van der Waals surface area contributed by atoms with Gasteiger partial charge in [-0.25, -0.2) is 9.59 Å². The van der Waals surface area contributed by atoms with Crippen molar-refractivity contribution in [1.82, 2.24) is 4.90 Å². The summed E-state index contributed by atoms with van der Waals surface area (Å²) in [6.07, 6.45) is 6.83. The molecule has 0 spiro atoms. The molecule has 0 radical (unpaired) electrons. The number of aliphatic hydroxyl groups is 1. The molecule has 6 aliphatic rings. The van der Waals surface area contributed by atoms with E-state index in [1.54, 1.807) is 0 Å². The van der Waals surface area contributed by atoms with Crippen molar-refractivity contribution < 1.29 is 43.2 Å². The van der Waals surface area contributed by atoms with Crippen LogP contribution in [-0.2, 0) is 33.3 Å². The Bertz CT molecular complexity index is 1100. The number of carbonyl (C=O) groups is 3. The topological polar surface area (TPSA) is 121 Å². The molecule has 0 aromatic carbocycles. The van der Waals surface area contributed by atoms with Crippen molar-refractivity contribution in [2.45, 2.75) is 89.9 Å². The van der Waals surface area contributed by atoms with Crippen molar-refractivity contribution in [1.29, 1.82) is 0 Å². The Kier molecular flexibility index (Phi) is 8.11. The summed E-state index contributed by atoms with van der Waals surface area (Å²) in [5.74, 6) is -0.191. The second-order valence-electron chi connectivity index (χ2n) is 14.1. The Balaban J connectivity index is 1.12. The third-order valence-electron chi connectivity index (χ3n) is 12.2. The van der Waals surface area contributed by atoms with Gasteiger partial charge in [-0.05, 0) is 73.7 Å². The Hall–Kier alpha value is -2.17. The first-order valence-corrected chi connectivity index (χ1v) is 15.9. The van der Waals surface area contributed by atoms with Gasteiger partial charge in [0.05, 0.1) is 18.8 Å². The molecule has 2 heterocycles. The van der Waals surface area contributed by atoms with E-state index in [1.165, 1.54) is 13.0 Å². The highest BCUT2D eigenvalue weighted by molar-refractivity contribution is 5.85. The zero-order valence-electron chi connectivity index (χ0n) is 25.3. The lowest BCUT2D eigenvalue weighted by molar-refractivity contribution is -0.208. The molecule has 0 aromatic rings. The normalized spacial score (nSPS) is 43.3. The van der Waals surface area contributed by atoms with E-state index in [0.29, 0.717) is 44.6 Å². The van der Waals surface area contributed by atoms with Crippen molar-refractivity contribution >= 4 is 18.1 Å². The molecule has 0 aromatic heterocycles. The number of cyclic esters (lactones) is 1. The maximum atomic E-state index is 12.7. The fourth-order valence-corrected chi connectivity index (χ4v) is 10.1. The van der Waals surface area contributed by atoms with Crippen LogP contribution in [0.4, 0.5) is 4.79 Å². The third kappa shape index (κ3) is 5.15. The number of hydrogen-bond donors (Lipinski definition) is 1. The monoisotopic (exact) mass is 589 g/mol. The second-order valence-corrected chi connectivity index (χ2v) is 14.1. The number of nitrogens with zero attached hydrogens (tertiary/aromatic N) is 1. The summed E-state index contributed by atoms with van der Waals surface area (Å²) >= 11 is 0. The number of morpholine rings is 1. The van der Waals surface area contributed by atoms with Crippen LogP contribution in [0.3, 0.4) is 0 Å². The average molecular weight is 590 g/mol. The van der Waals surface area contributed by atoms with Gasteiger partial charge in [0.1, 0.15) is 25.4 Å². The highest BCUT2D eigenvalue weighted by Gasteiger charge is 2.71. The summed E-state index contributed by atoms with van der Waals surface area (Å²) in [7, 11) is 0. The van der Waals surface area contributed by atoms with Gasteiger partial charge in [-0.2, -0.15) is 0 Å². The van der Waals surface area contributed by atoms with Crippen LogP contribution in [0.1, 0.15) is 72.1 Å². The molecular weight excluding hydrogens is 542 g/mol. The Morgan fingerprint density at radius 3 is 2.57 bits per heavy atom. The quantitative estimate of drug-likeness (QED) is 0.363. The predicted molar refractivity (Wildman–Crippen MR) is 150 cm³/mol. The van der Waals surface area contributed by atoms with Gasteiger partial charge >= 0.3 is 18.1 Å². The molecule has 4 saturated carbocycles. The molecule has 234 valence electrons. The van der Waals surface area contributed by atoms with Crippen LogP contribution < -0.4 is 0 Å². The molecule has 10 heteroatoms. The van der Waals surface area contributed by atoms with Gasteiger partial charge in [0.2, 0.25) is 0 Å². The van der Waals surface area contributed by atoms with E-state index in [1.807, 2.05) is 0 Å². The van der Waals surface area contributed by atoms with Crippen LogP contribution in [0.5, 0.6) is 0 Å². The fraction of sp³-hybridized carbons (Fsp3) is 0.844. The van der Waals surface area contributed by atoms with Gasteiger partial charge in [0.25, 0.3) is 0 Å². The average Bonchev–Trinajstić information content (AvgIpc) is 3.46. The molecule has 1 N–H and O–H groups in total. The molecular formula is C32H47NO9. The third-order valence-corrected chi connectivity index (χ3v) is 12.2. The molecule has 9 unspecified atom stereocenters. The number of carbonyl (C=O) groups excluding carboxylic acids is 3. The van der Waals surface area contributed by atoms with Crippen molar-refractivity contribution in [2.75, 3.05) is 46.1 Å². The van der Waals surface area contributed by atoms with Crippen molar-refractivity contribution in [3.63, 3.8) is 0 Å². The first-order valence-electron chi connectivity index (χ1n) is 15.9. The van der Waals surface area contributed by atoms with Gasteiger partial charge in [-0.3, -0.25) is 9.69 Å². The van der Waals surface area contributed by atoms with E-state index >= 15 is 0 Å². The minimum Gasteiger partial charge on any atom is -0.462 e. The zero-order valence-corrected chi connectivity index (χ0v) is 25.3. The Morgan fingerprint density at radius 1 is 1.07 bits per heavy atom. The first-order chi connectivity index (χ1) is 20.0. The number of esters is 2. The molecule has 1 saturated heterocycles. The van der Waals surface area contributed by atoms with Crippen LogP contribution in [-0.4, -0.2) is 92.0 Å². The van der Waals surface area contributed by atoms with Crippen molar-refractivity contribution in [2.24, 2.45) is 34.5 Å². The minimum absolute atomic E-state index is 0.0286.